The maximum atomic E-state index is 11.7. The van der Waals surface area contributed by atoms with Crippen molar-refractivity contribution in [1.29, 1.82) is 0 Å². The molecule has 0 spiro atoms. The molecule has 2 aromatic rings. The lowest BCUT2D eigenvalue weighted by atomic mass is 10.2. The number of benzene rings is 2. The summed E-state index contributed by atoms with van der Waals surface area (Å²) in [6, 6.07) is 11.3. The summed E-state index contributed by atoms with van der Waals surface area (Å²) < 4.78 is 29.5. The number of ether oxygens (including phenoxy) is 1. The van der Waals surface area contributed by atoms with Crippen LogP contribution in [0.2, 0.25) is 10.0 Å². The lowest BCUT2D eigenvalue weighted by molar-refractivity contribution is 0.0981. The third-order valence-corrected chi connectivity index (χ3v) is 4.23. The molecule has 0 aliphatic carbocycles. The predicted molar refractivity (Wildman–Crippen MR) is 89.5 cm³/mol. The molecule has 0 aromatic heterocycles. The van der Waals surface area contributed by atoms with E-state index in [1.54, 1.807) is 30.3 Å². The predicted octanol–water partition coefficient (Wildman–Crippen LogP) is 3.26. The van der Waals surface area contributed by atoms with E-state index in [0.29, 0.717) is 15.8 Å². The van der Waals surface area contributed by atoms with Crippen LogP contribution < -0.4 is 9.46 Å². The SMILES string of the molecule is CS(=O)(=O)NC(=O)c1ccc(OCc2cccc(Cl)c2Cl)cc1. The van der Waals surface area contributed by atoms with Gasteiger partial charge in [-0.3, -0.25) is 4.79 Å². The Bertz CT molecular complexity index is 820. The maximum absolute atomic E-state index is 11.7. The Morgan fingerprint density at radius 3 is 2.39 bits per heavy atom. The fraction of sp³-hybridized carbons (Fsp3) is 0.133. The van der Waals surface area contributed by atoms with Crippen molar-refractivity contribution in [3.05, 3.63) is 63.6 Å². The van der Waals surface area contributed by atoms with Crippen molar-refractivity contribution >= 4 is 39.1 Å². The molecule has 1 amide bonds. The molecule has 5 nitrogen and oxygen atoms in total. The van der Waals surface area contributed by atoms with Crippen molar-refractivity contribution in [2.75, 3.05) is 6.26 Å². The van der Waals surface area contributed by atoms with Crippen LogP contribution in [0, 0.1) is 0 Å². The fourth-order valence-electron chi connectivity index (χ4n) is 1.75. The minimum absolute atomic E-state index is 0.212. The van der Waals surface area contributed by atoms with Crippen LogP contribution in [0.3, 0.4) is 0 Å². The second-order valence-electron chi connectivity index (χ2n) is 4.73. The summed E-state index contributed by atoms with van der Waals surface area (Å²) in [7, 11) is -3.59. The number of nitrogens with one attached hydrogen (secondary N) is 1. The van der Waals surface area contributed by atoms with Crippen molar-refractivity contribution < 1.29 is 17.9 Å². The Kier molecular flexibility index (Phi) is 5.51. The van der Waals surface area contributed by atoms with Crippen LogP contribution in [0.15, 0.2) is 42.5 Å². The van der Waals surface area contributed by atoms with Crippen molar-refractivity contribution in [2.24, 2.45) is 0 Å². The highest BCUT2D eigenvalue weighted by Crippen LogP contribution is 2.26. The molecule has 1 N–H and O–H groups in total. The van der Waals surface area contributed by atoms with Gasteiger partial charge in [-0.1, -0.05) is 35.3 Å². The zero-order valence-electron chi connectivity index (χ0n) is 12.0. The quantitative estimate of drug-likeness (QED) is 0.872. The third-order valence-electron chi connectivity index (χ3n) is 2.82. The number of hydrogen-bond donors (Lipinski definition) is 1. The number of carbonyl (C=O) groups excluding carboxylic acids is 1. The molecule has 0 aliphatic heterocycles. The van der Waals surface area contributed by atoms with E-state index in [9.17, 15) is 13.2 Å². The van der Waals surface area contributed by atoms with Gasteiger partial charge in [0.1, 0.15) is 12.4 Å². The van der Waals surface area contributed by atoms with Gasteiger partial charge in [0.25, 0.3) is 5.91 Å². The van der Waals surface area contributed by atoms with Gasteiger partial charge in [-0.2, -0.15) is 0 Å². The minimum Gasteiger partial charge on any atom is -0.489 e. The molecule has 0 unspecified atom stereocenters. The van der Waals surface area contributed by atoms with E-state index < -0.39 is 15.9 Å². The average Bonchev–Trinajstić information content (AvgIpc) is 2.47. The van der Waals surface area contributed by atoms with Crippen LogP contribution in [0.5, 0.6) is 5.75 Å². The molecule has 0 saturated heterocycles. The first-order valence-electron chi connectivity index (χ1n) is 6.44. The summed E-state index contributed by atoms with van der Waals surface area (Å²) in [4.78, 5) is 11.7. The first-order valence-corrected chi connectivity index (χ1v) is 9.09. The monoisotopic (exact) mass is 373 g/mol. The van der Waals surface area contributed by atoms with Crippen molar-refractivity contribution in [1.82, 2.24) is 4.72 Å². The van der Waals surface area contributed by atoms with Gasteiger partial charge >= 0.3 is 0 Å². The Balaban J connectivity index is 2.03. The molecule has 0 fully saturated rings. The Morgan fingerprint density at radius 1 is 1.13 bits per heavy atom. The molecule has 0 heterocycles. The summed E-state index contributed by atoms with van der Waals surface area (Å²) in [5, 5.41) is 0.874. The average molecular weight is 374 g/mol. The first-order chi connectivity index (χ1) is 10.8. The fourth-order valence-corrected chi connectivity index (χ4v) is 2.58. The van der Waals surface area contributed by atoms with Gasteiger partial charge < -0.3 is 4.74 Å². The van der Waals surface area contributed by atoms with Gasteiger partial charge in [0.15, 0.2) is 0 Å². The third kappa shape index (κ3) is 5.13. The molecule has 0 bridgehead atoms. The Morgan fingerprint density at radius 2 is 1.78 bits per heavy atom. The summed E-state index contributed by atoms with van der Waals surface area (Å²) in [6.45, 7) is 0.217. The molecule has 2 rings (SSSR count). The molecular weight excluding hydrogens is 361 g/mol. The Hall–Kier alpha value is -1.76. The van der Waals surface area contributed by atoms with Crippen molar-refractivity contribution in [2.45, 2.75) is 6.61 Å². The van der Waals surface area contributed by atoms with E-state index >= 15 is 0 Å². The van der Waals surface area contributed by atoms with Gasteiger partial charge in [0.05, 0.1) is 16.3 Å². The van der Waals surface area contributed by atoms with E-state index in [0.717, 1.165) is 11.8 Å². The first kappa shape index (κ1) is 17.6. The van der Waals surface area contributed by atoms with E-state index in [-0.39, 0.29) is 12.2 Å². The summed E-state index contributed by atoms with van der Waals surface area (Å²) >= 11 is 12.0. The molecular formula is C15H13Cl2NO4S. The maximum Gasteiger partial charge on any atom is 0.264 e. The molecule has 0 atom stereocenters. The van der Waals surface area contributed by atoms with Gasteiger partial charge in [0.2, 0.25) is 10.0 Å². The van der Waals surface area contributed by atoms with Crippen LogP contribution in [-0.4, -0.2) is 20.6 Å². The van der Waals surface area contributed by atoms with Crippen molar-refractivity contribution in [3.8, 4) is 5.75 Å². The van der Waals surface area contributed by atoms with Crippen LogP contribution in [0.25, 0.3) is 0 Å². The van der Waals surface area contributed by atoms with E-state index in [2.05, 4.69) is 0 Å². The lowest BCUT2D eigenvalue weighted by Gasteiger charge is -2.09. The largest absolute Gasteiger partial charge is 0.489 e. The van der Waals surface area contributed by atoms with E-state index in [1.807, 2.05) is 4.72 Å². The van der Waals surface area contributed by atoms with Crippen LogP contribution >= 0.6 is 23.2 Å². The van der Waals surface area contributed by atoms with Gasteiger partial charge in [-0.15, -0.1) is 0 Å². The van der Waals surface area contributed by atoms with Crippen LogP contribution in [0.4, 0.5) is 0 Å². The smallest absolute Gasteiger partial charge is 0.264 e. The van der Waals surface area contributed by atoms with E-state index in [4.69, 9.17) is 27.9 Å². The summed E-state index contributed by atoms with van der Waals surface area (Å²) in [5.41, 5.74) is 0.946. The Labute approximate surface area is 144 Å². The standard InChI is InChI=1S/C15H13Cl2NO4S/c1-23(20,21)18-15(19)10-5-7-12(8-6-10)22-9-11-3-2-4-13(16)14(11)17/h2-8H,9H2,1H3,(H,18,19). The van der Waals surface area contributed by atoms with E-state index in [1.165, 1.54) is 12.1 Å². The highest BCUT2D eigenvalue weighted by atomic mass is 35.5. The van der Waals surface area contributed by atoms with Gasteiger partial charge in [-0.25, -0.2) is 13.1 Å². The number of amides is 1. The number of carbonyl (C=O) groups is 1. The number of sulfonamides is 1. The zero-order valence-corrected chi connectivity index (χ0v) is 14.4. The highest BCUT2D eigenvalue weighted by Gasteiger charge is 2.11. The lowest BCUT2D eigenvalue weighted by Crippen LogP contribution is -2.29. The van der Waals surface area contributed by atoms with Crippen LogP contribution in [-0.2, 0) is 16.6 Å². The molecule has 8 heteroatoms. The summed E-state index contributed by atoms with van der Waals surface area (Å²) in [5.74, 6) is -0.186. The number of halogens is 2. The normalized spacial score (nSPS) is 11.1. The topological polar surface area (TPSA) is 72.5 Å². The van der Waals surface area contributed by atoms with Crippen molar-refractivity contribution in [3.63, 3.8) is 0 Å². The van der Waals surface area contributed by atoms with Gasteiger partial charge in [-0.05, 0) is 30.3 Å². The van der Waals surface area contributed by atoms with Gasteiger partial charge in [0, 0.05) is 11.1 Å². The molecule has 2 aromatic carbocycles. The summed E-state index contributed by atoms with van der Waals surface area (Å²) in [6.07, 6.45) is 0.914. The molecule has 122 valence electrons. The highest BCUT2D eigenvalue weighted by molar-refractivity contribution is 7.89. The number of rotatable bonds is 5. The molecule has 0 saturated carbocycles. The molecule has 23 heavy (non-hydrogen) atoms. The second-order valence-corrected chi connectivity index (χ2v) is 7.26. The zero-order chi connectivity index (χ0) is 17.0. The number of hydrogen-bond acceptors (Lipinski definition) is 4. The second kappa shape index (κ2) is 7.21. The molecule has 0 radical (unpaired) electrons. The molecule has 0 aliphatic rings. The minimum atomic E-state index is -3.59. The van der Waals surface area contributed by atoms with Crippen LogP contribution in [0.1, 0.15) is 15.9 Å².